The molecule has 0 aromatic carbocycles. The third-order valence-electron chi connectivity index (χ3n) is 1.11. The highest BCUT2D eigenvalue weighted by Crippen LogP contribution is 2.13. The summed E-state index contributed by atoms with van der Waals surface area (Å²) in [6, 6.07) is 1.22. The van der Waals surface area contributed by atoms with Crippen LogP contribution in [0.2, 0.25) is 11.6 Å². The van der Waals surface area contributed by atoms with Crippen molar-refractivity contribution in [2.75, 3.05) is 0 Å². The van der Waals surface area contributed by atoms with Crippen molar-refractivity contribution in [1.82, 2.24) is 0 Å². The Hall–Kier alpha value is 0.507. The summed E-state index contributed by atoms with van der Waals surface area (Å²) in [7, 11) is -0.782. The minimum atomic E-state index is -0.782. The van der Waals surface area contributed by atoms with E-state index < -0.39 is 8.11 Å². The minimum absolute atomic E-state index is 0.770. The molecule has 1 unspecified atom stereocenters. The van der Waals surface area contributed by atoms with Gasteiger partial charge in [-0.3, -0.25) is 0 Å². The highest BCUT2D eigenvalue weighted by atomic mass is 35.6. The molecule has 0 aliphatic rings. The van der Waals surface area contributed by atoms with Crippen molar-refractivity contribution in [1.29, 1.82) is 0 Å². The van der Waals surface area contributed by atoms with Crippen LogP contribution in [-0.4, -0.2) is 8.11 Å². The van der Waals surface area contributed by atoms with Crippen LogP contribution in [0.3, 0.4) is 0 Å². The topological polar surface area (TPSA) is 0 Å². The quantitative estimate of drug-likeness (QED) is 0.404. The third-order valence-corrected chi connectivity index (χ3v) is 5.78. The largest absolute Gasteiger partial charge is 0.171 e. The van der Waals surface area contributed by atoms with Crippen LogP contribution in [0.15, 0.2) is 0 Å². The van der Waals surface area contributed by atoms with Crippen LogP contribution in [-0.2, 0) is 0 Å². The molecule has 0 aromatic rings. The maximum atomic E-state index is 5.94. The first-order valence-corrected chi connectivity index (χ1v) is 6.05. The van der Waals surface area contributed by atoms with E-state index in [1.807, 2.05) is 0 Å². The second-order valence-electron chi connectivity index (χ2n) is 2.17. The van der Waals surface area contributed by atoms with Gasteiger partial charge >= 0.3 is 0 Å². The summed E-state index contributed by atoms with van der Waals surface area (Å²) in [5.41, 5.74) is 0.770. The van der Waals surface area contributed by atoms with Gasteiger partial charge < -0.3 is 0 Å². The SMILES string of the molecule is CC[SiH](Cl)C(C)C. The molecule has 0 bridgehead atoms. The Morgan fingerprint density at radius 1 is 1.57 bits per heavy atom. The van der Waals surface area contributed by atoms with Crippen molar-refractivity contribution in [3.8, 4) is 0 Å². The van der Waals surface area contributed by atoms with E-state index in [9.17, 15) is 0 Å². The molecular weight excluding hydrogens is 124 g/mol. The first-order chi connectivity index (χ1) is 3.18. The number of hydrogen-bond acceptors (Lipinski definition) is 0. The van der Waals surface area contributed by atoms with E-state index in [0.29, 0.717) is 0 Å². The van der Waals surface area contributed by atoms with E-state index in [0.717, 1.165) is 5.54 Å². The molecule has 0 amide bonds. The van der Waals surface area contributed by atoms with Gasteiger partial charge in [0.15, 0.2) is 0 Å². The summed E-state index contributed by atoms with van der Waals surface area (Å²) in [4.78, 5) is 0. The van der Waals surface area contributed by atoms with Crippen molar-refractivity contribution in [3.63, 3.8) is 0 Å². The molecule has 0 heterocycles. The first-order valence-electron chi connectivity index (χ1n) is 2.82. The summed E-state index contributed by atoms with van der Waals surface area (Å²) in [6.07, 6.45) is 0. The van der Waals surface area contributed by atoms with E-state index in [-0.39, 0.29) is 0 Å². The zero-order valence-electron chi connectivity index (χ0n) is 5.24. The lowest BCUT2D eigenvalue weighted by molar-refractivity contribution is 1.04. The average Bonchev–Trinajstić information content (AvgIpc) is 1.65. The summed E-state index contributed by atoms with van der Waals surface area (Å²) in [5, 5.41) is 0. The second kappa shape index (κ2) is 3.50. The molecule has 0 nitrogen and oxygen atoms in total. The Bertz CT molecular complexity index is 45.3. The van der Waals surface area contributed by atoms with Crippen LogP contribution >= 0.6 is 11.1 Å². The van der Waals surface area contributed by atoms with Crippen LogP contribution in [0.25, 0.3) is 0 Å². The Balaban J connectivity index is 3.14. The summed E-state index contributed by atoms with van der Waals surface area (Å²) >= 11 is 5.94. The molecule has 0 saturated carbocycles. The molecule has 0 saturated heterocycles. The van der Waals surface area contributed by atoms with Crippen LogP contribution in [0.1, 0.15) is 20.8 Å². The fourth-order valence-corrected chi connectivity index (χ4v) is 1.41. The molecule has 1 atom stereocenters. The van der Waals surface area contributed by atoms with Crippen LogP contribution in [0.5, 0.6) is 0 Å². The molecule has 2 heteroatoms. The van der Waals surface area contributed by atoms with Gasteiger partial charge in [-0.15, -0.1) is 0 Å². The predicted octanol–water partition coefficient (Wildman–Crippen LogP) is 2.38. The molecule has 0 aliphatic carbocycles. The highest BCUT2D eigenvalue weighted by molar-refractivity contribution is 7.07. The standard InChI is InChI=1S/C5H13ClSi/c1-4-7(6)5(2)3/h5,7H,4H2,1-3H3. The van der Waals surface area contributed by atoms with Gasteiger partial charge in [0.05, 0.1) is 0 Å². The van der Waals surface area contributed by atoms with Crippen molar-refractivity contribution in [2.45, 2.75) is 32.4 Å². The lowest BCUT2D eigenvalue weighted by Gasteiger charge is -2.05. The lowest BCUT2D eigenvalue weighted by atomic mass is 10.6. The molecule has 0 rings (SSSR count). The Labute approximate surface area is 52.2 Å². The van der Waals surface area contributed by atoms with E-state index >= 15 is 0 Å². The molecule has 0 spiro atoms. The minimum Gasteiger partial charge on any atom is -0.171 e. The normalized spacial score (nSPS) is 15.0. The Kier molecular flexibility index (Phi) is 3.76. The van der Waals surface area contributed by atoms with Crippen molar-refractivity contribution in [3.05, 3.63) is 0 Å². The molecule has 0 aliphatic heterocycles. The highest BCUT2D eigenvalue weighted by Gasteiger charge is 2.06. The van der Waals surface area contributed by atoms with E-state index in [4.69, 9.17) is 11.1 Å². The predicted molar refractivity (Wildman–Crippen MR) is 38.6 cm³/mol. The molecule has 0 radical (unpaired) electrons. The van der Waals surface area contributed by atoms with E-state index in [1.165, 1.54) is 6.04 Å². The fourth-order valence-electron chi connectivity index (χ4n) is 0.471. The average molecular weight is 137 g/mol. The maximum Gasteiger partial charge on any atom is 0.143 e. The number of halogens is 1. The van der Waals surface area contributed by atoms with Crippen LogP contribution in [0, 0.1) is 0 Å². The van der Waals surface area contributed by atoms with Gasteiger partial charge in [-0.05, 0) is 11.6 Å². The van der Waals surface area contributed by atoms with Crippen molar-refractivity contribution >= 4 is 19.2 Å². The van der Waals surface area contributed by atoms with Gasteiger partial charge in [0, 0.05) is 0 Å². The molecule has 44 valence electrons. The van der Waals surface area contributed by atoms with Gasteiger partial charge in [0.25, 0.3) is 0 Å². The lowest BCUT2D eigenvalue weighted by Crippen LogP contribution is -2.04. The monoisotopic (exact) mass is 136 g/mol. The second-order valence-corrected chi connectivity index (χ2v) is 7.03. The first kappa shape index (κ1) is 7.51. The van der Waals surface area contributed by atoms with Gasteiger partial charge in [0.1, 0.15) is 8.11 Å². The maximum absolute atomic E-state index is 5.94. The number of rotatable bonds is 2. The molecule has 0 N–H and O–H groups in total. The molecule has 7 heavy (non-hydrogen) atoms. The fraction of sp³-hybridized carbons (Fsp3) is 1.00. The van der Waals surface area contributed by atoms with Crippen LogP contribution in [0.4, 0.5) is 0 Å². The van der Waals surface area contributed by atoms with E-state index in [2.05, 4.69) is 20.8 Å². The summed E-state index contributed by atoms with van der Waals surface area (Å²) < 4.78 is 0. The van der Waals surface area contributed by atoms with Gasteiger partial charge in [-0.1, -0.05) is 20.8 Å². The smallest absolute Gasteiger partial charge is 0.143 e. The molecule has 0 fully saturated rings. The van der Waals surface area contributed by atoms with Gasteiger partial charge in [-0.25, -0.2) is 0 Å². The summed E-state index contributed by atoms with van der Waals surface area (Å²) in [6.45, 7) is 6.57. The van der Waals surface area contributed by atoms with Crippen LogP contribution < -0.4 is 0 Å². The Morgan fingerprint density at radius 3 is 2.00 bits per heavy atom. The molecule has 0 aromatic heterocycles. The number of hydrogen-bond donors (Lipinski definition) is 0. The zero-order valence-corrected chi connectivity index (χ0v) is 7.15. The molecular formula is C5H13ClSi. The van der Waals surface area contributed by atoms with Gasteiger partial charge in [0.2, 0.25) is 0 Å². The van der Waals surface area contributed by atoms with Crippen molar-refractivity contribution < 1.29 is 0 Å². The third kappa shape index (κ3) is 3.12. The van der Waals surface area contributed by atoms with E-state index in [1.54, 1.807) is 0 Å². The Morgan fingerprint density at radius 2 is 2.00 bits per heavy atom. The van der Waals surface area contributed by atoms with Crippen molar-refractivity contribution in [2.24, 2.45) is 0 Å². The zero-order chi connectivity index (χ0) is 5.86. The van der Waals surface area contributed by atoms with Gasteiger partial charge in [-0.2, -0.15) is 11.1 Å². The summed E-state index contributed by atoms with van der Waals surface area (Å²) in [5.74, 6) is 0.